The van der Waals surface area contributed by atoms with Crippen molar-refractivity contribution in [2.45, 2.75) is 18.9 Å². The molecule has 94 valence electrons. The average Bonchev–Trinajstić information content (AvgIpc) is 3.03. The maximum absolute atomic E-state index is 4.05. The molecule has 0 saturated heterocycles. The van der Waals surface area contributed by atoms with Gasteiger partial charge in [-0.1, -0.05) is 24.3 Å². The number of fused-ring (bicyclic) bond motifs is 2. The molecule has 0 fully saturated rings. The molecule has 0 unspecified atom stereocenters. The summed E-state index contributed by atoms with van der Waals surface area (Å²) in [5.74, 6) is 0. The number of hydrogen-bond donors (Lipinski definition) is 2. The van der Waals surface area contributed by atoms with Crippen molar-refractivity contribution in [2.75, 3.05) is 5.32 Å². The van der Waals surface area contributed by atoms with Crippen molar-refractivity contribution in [1.82, 2.24) is 10.2 Å². The second-order valence-corrected chi connectivity index (χ2v) is 5.19. The van der Waals surface area contributed by atoms with E-state index in [1.807, 2.05) is 6.20 Å². The second kappa shape index (κ2) is 4.12. The van der Waals surface area contributed by atoms with Gasteiger partial charge in [-0.3, -0.25) is 5.10 Å². The first kappa shape index (κ1) is 10.6. The molecule has 0 amide bonds. The quantitative estimate of drug-likeness (QED) is 0.732. The Morgan fingerprint density at radius 2 is 1.84 bits per heavy atom. The van der Waals surface area contributed by atoms with Crippen LogP contribution in [-0.4, -0.2) is 16.2 Å². The number of anilines is 1. The molecule has 1 aliphatic carbocycles. The molecule has 1 heterocycles. The summed E-state index contributed by atoms with van der Waals surface area (Å²) in [7, 11) is 0. The molecule has 0 aliphatic heterocycles. The number of aromatic amines is 1. The zero-order valence-corrected chi connectivity index (χ0v) is 10.6. The molecule has 3 heteroatoms. The van der Waals surface area contributed by atoms with Crippen LogP contribution in [0, 0.1) is 0 Å². The predicted octanol–water partition coefficient (Wildman–Crippen LogP) is 3.14. The smallest absolute Gasteiger partial charge is 0.0651 e. The number of rotatable bonds is 2. The van der Waals surface area contributed by atoms with Gasteiger partial charge in [0.1, 0.15) is 0 Å². The third-order valence-corrected chi connectivity index (χ3v) is 3.86. The summed E-state index contributed by atoms with van der Waals surface area (Å²) < 4.78 is 0. The number of hydrogen-bond acceptors (Lipinski definition) is 2. The minimum Gasteiger partial charge on any atom is -0.382 e. The van der Waals surface area contributed by atoms with Gasteiger partial charge in [-0.15, -0.1) is 0 Å². The van der Waals surface area contributed by atoms with Crippen LogP contribution >= 0.6 is 0 Å². The lowest BCUT2D eigenvalue weighted by molar-refractivity contribution is 0.774. The highest BCUT2D eigenvalue weighted by Gasteiger charge is 2.20. The summed E-state index contributed by atoms with van der Waals surface area (Å²) in [6, 6.07) is 15.6. The molecule has 1 aliphatic rings. The van der Waals surface area contributed by atoms with Gasteiger partial charge in [0, 0.05) is 17.1 Å². The van der Waals surface area contributed by atoms with Gasteiger partial charge >= 0.3 is 0 Å². The molecule has 0 saturated carbocycles. The topological polar surface area (TPSA) is 40.7 Å². The highest BCUT2D eigenvalue weighted by Crippen LogP contribution is 2.25. The Kier molecular flexibility index (Phi) is 2.30. The van der Waals surface area contributed by atoms with Crippen molar-refractivity contribution in [3.05, 3.63) is 59.8 Å². The molecule has 3 aromatic rings. The van der Waals surface area contributed by atoms with Crippen molar-refractivity contribution in [2.24, 2.45) is 0 Å². The second-order valence-electron chi connectivity index (χ2n) is 5.19. The Hall–Kier alpha value is -2.29. The molecule has 2 aromatic carbocycles. The van der Waals surface area contributed by atoms with Crippen LogP contribution in [0.15, 0.2) is 48.7 Å². The Labute approximate surface area is 111 Å². The summed E-state index contributed by atoms with van der Waals surface area (Å²) in [5.41, 5.74) is 5.21. The summed E-state index contributed by atoms with van der Waals surface area (Å²) in [6.45, 7) is 0. The summed E-state index contributed by atoms with van der Waals surface area (Å²) in [6.07, 6.45) is 4.09. The lowest BCUT2D eigenvalue weighted by Crippen LogP contribution is -2.19. The van der Waals surface area contributed by atoms with Gasteiger partial charge in [0.25, 0.3) is 0 Å². The fraction of sp³-hybridized carbons (Fsp3) is 0.188. The first-order chi connectivity index (χ1) is 9.38. The Morgan fingerprint density at radius 1 is 1.05 bits per heavy atom. The van der Waals surface area contributed by atoms with Gasteiger partial charge < -0.3 is 5.32 Å². The van der Waals surface area contributed by atoms with Gasteiger partial charge in [0.2, 0.25) is 0 Å². The largest absolute Gasteiger partial charge is 0.382 e. The maximum Gasteiger partial charge on any atom is 0.0651 e. The standard InChI is InChI=1S/C16H15N3/c1-2-4-12-8-15(7-11(12)3-1)18-14-5-6-16-13(9-14)10-17-19-16/h1-6,9-10,15,18H,7-8H2,(H,17,19). The highest BCUT2D eigenvalue weighted by atomic mass is 15.1. The van der Waals surface area contributed by atoms with E-state index in [9.17, 15) is 0 Å². The normalized spacial score (nSPS) is 14.7. The van der Waals surface area contributed by atoms with Crippen LogP contribution in [0.2, 0.25) is 0 Å². The van der Waals surface area contributed by atoms with Gasteiger partial charge in [0.15, 0.2) is 0 Å². The van der Waals surface area contributed by atoms with Crippen LogP contribution in [0.4, 0.5) is 5.69 Å². The fourth-order valence-corrected chi connectivity index (χ4v) is 2.93. The van der Waals surface area contributed by atoms with Crippen molar-refractivity contribution in [3.8, 4) is 0 Å². The fourth-order valence-electron chi connectivity index (χ4n) is 2.93. The van der Waals surface area contributed by atoms with E-state index in [1.54, 1.807) is 0 Å². The number of nitrogens with one attached hydrogen (secondary N) is 2. The van der Waals surface area contributed by atoms with E-state index in [-0.39, 0.29) is 0 Å². The van der Waals surface area contributed by atoms with E-state index in [4.69, 9.17) is 0 Å². The van der Waals surface area contributed by atoms with E-state index >= 15 is 0 Å². The van der Waals surface area contributed by atoms with E-state index < -0.39 is 0 Å². The molecule has 2 N–H and O–H groups in total. The van der Waals surface area contributed by atoms with Crippen LogP contribution in [0.5, 0.6) is 0 Å². The Bertz CT molecular complexity index is 704. The molecular formula is C16H15N3. The van der Waals surface area contributed by atoms with Crippen molar-refractivity contribution in [3.63, 3.8) is 0 Å². The zero-order valence-electron chi connectivity index (χ0n) is 10.6. The molecular weight excluding hydrogens is 234 g/mol. The van der Waals surface area contributed by atoms with E-state index in [1.165, 1.54) is 16.8 Å². The van der Waals surface area contributed by atoms with Crippen LogP contribution < -0.4 is 5.32 Å². The van der Waals surface area contributed by atoms with Crippen LogP contribution in [0.25, 0.3) is 10.9 Å². The van der Waals surface area contributed by atoms with Gasteiger partial charge in [-0.05, 0) is 42.2 Å². The molecule has 4 rings (SSSR count). The number of H-pyrrole nitrogens is 1. The third-order valence-electron chi connectivity index (χ3n) is 3.86. The number of aromatic nitrogens is 2. The highest BCUT2D eigenvalue weighted by molar-refractivity contribution is 5.81. The molecule has 3 nitrogen and oxygen atoms in total. The summed E-state index contributed by atoms with van der Waals surface area (Å²) >= 11 is 0. The summed E-state index contributed by atoms with van der Waals surface area (Å²) in [5, 5.41) is 11.8. The van der Waals surface area contributed by atoms with E-state index in [0.29, 0.717) is 6.04 Å². The lowest BCUT2D eigenvalue weighted by atomic mass is 10.1. The van der Waals surface area contributed by atoms with Crippen LogP contribution in [0.1, 0.15) is 11.1 Å². The van der Waals surface area contributed by atoms with E-state index in [2.05, 4.69) is 58.0 Å². The minimum atomic E-state index is 0.502. The SMILES string of the molecule is c1ccc2c(c1)CC(Nc1ccc3[nH]ncc3c1)C2. The monoisotopic (exact) mass is 249 g/mol. The van der Waals surface area contributed by atoms with E-state index in [0.717, 1.165) is 23.7 Å². The average molecular weight is 249 g/mol. The first-order valence-electron chi connectivity index (χ1n) is 6.65. The summed E-state index contributed by atoms with van der Waals surface area (Å²) in [4.78, 5) is 0. The van der Waals surface area contributed by atoms with Crippen LogP contribution in [0.3, 0.4) is 0 Å². The van der Waals surface area contributed by atoms with Crippen molar-refractivity contribution >= 4 is 16.6 Å². The number of benzene rings is 2. The molecule has 0 spiro atoms. The maximum atomic E-state index is 4.05. The third kappa shape index (κ3) is 1.87. The first-order valence-corrected chi connectivity index (χ1v) is 6.65. The van der Waals surface area contributed by atoms with Crippen molar-refractivity contribution in [1.29, 1.82) is 0 Å². The number of nitrogens with zero attached hydrogens (tertiary/aromatic N) is 1. The lowest BCUT2D eigenvalue weighted by Gasteiger charge is -2.13. The van der Waals surface area contributed by atoms with Gasteiger partial charge in [-0.2, -0.15) is 5.10 Å². The zero-order chi connectivity index (χ0) is 12.7. The Balaban J connectivity index is 1.56. The van der Waals surface area contributed by atoms with Crippen molar-refractivity contribution < 1.29 is 0 Å². The molecule has 0 radical (unpaired) electrons. The molecule has 0 atom stereocenters. The Morgan fingerprint density at radius 3 is 2.63 bits per heavy atom. The van der Waals surface area contributed by atoms with Gasteiger partial charge in [0.05, 0.1) is 11.7 Å². The van der Waals surface area contributed by atoms with Gasteiger partial charge in [-0.25, -0.2) is 0 Å². The molecule has 19 heavy (non-hydrogen) atoms. The molecule has 0 bridgehead atoms. The minimum absolute atomic E-state index is 0.502. The molecule has 1 aromatic heterocycles. The van der Waals surface area contributed by atoms with Crippen LogP contribution in [-0.2, 0) is 12.8 Å². The predicted molar refractivity (Wildman–Crippen MR) is 77.4 cm³/mol.